The first-order chi connectivity index (χ1) is 16.7. The second-order valence-corrected chi connectivity index (χ2v) is 9.54. The molecular formula is C25H32F3N3O4. The summed E-state index contributed by atoms with van der Waals surface area (Å²) in [6, 6.07) is 7.74. The van der Waals surface area contributed by atoms with E-state index in [0.29, 0.717) is 32.5 Å². The van der Waals surface area contributed by atoms with Crippen LogP contribution in [-0.4, -0.2) is 72.7 Å². The van der Waals surface area contributed by atoms with Crippen molar-refractivity contribution >= 4 is 23.6 Å². The summed E-state index contributed by atoms with van der Waals surface area (Å²) in [6.07, 6.45) is -0.831. The molecule has 0 atom stereocenters. The molecule has 1 aliphatic carbocycles. The molecule has 7 nitrogen and oxygen atoms in total. The van der Waals surface area contributed by atoms with Crippen molar-refractivity contribution in [3.05, 3.63) is 29.8 Å². The number of carbonyl (C=O) groups excluding carboxylic acids is 3. The van der Waals surface area contributed by atoms with Crippen LogP contribution in [0, 0.1) is 5.92 Å². The second-order valence-electron chi connectivity index (χ2n) is 9.54. The fraction of sp³-hybridized carbons (Fsp3) is 0.640. The lowest BCUT2D eigenvalue weighted by molar-refractivity contribution is -0.186. The number of anilines is 1. The first-order valence-corrected chi connectivity index (χ1v) is 12.4. The number of halogens is 3. The summed E-state index contributed by atoms with van der Waals surface area (Å²) in [5.41, 5.74) is 1.81. The number of nitrogens with zero attached hydrogens (tertiary/aromatic N) is 3. The zero-order valence-electron chi connectivity index (χ0n) is 19.9. The Morgan fingerprint density at radius 3 is 2.14 bits per heavy atom. The molecule has 10 heteroatoms. The van der Waals surface area contributed by atoms with Gasteiger partial charge in [-0.2, -0.15) is 13.2 Å². The van der Waals surface area contributed by atoms with Crippen LogP contribution in [0.3, 0.4) is 0 Å². The largest absolute Gasteiger partial charge is 0.471 e. The molecule has 1 aromatic carbocycles. The van der Waals surface area contributed by atoms with Gasteiger partial charge in [0.2, 0.25) is 0 Å². The van der Waals surface area contributed by atoms with Crippen molar-refractivity contribution in [2.75, 3.05) is 37.7 Å². The fourth-order valence-corrected chi connectivity index (χ4v) is 5.54. The Bertz CT molecular complexity index is 921. The normalized spacial score (nSPS) is 24.1. The average molecular weight is 496 g/mol. The van der Waals surface area contributed by atoms with E-state index < -0.39 is 12.1 Å². The van der Waals surface area contributed by atoms with Crippen molar-refractivity contribution < 1.29 is 32.3 Å². The number of amides is 3. The number of benzene rings is 1. The van der Waals surface area contributed by atoms with Gasteiger partial charge in [0.15, 0.2) is 0 Å². The van der Waals surface area contributed by atoms with Crippen LogP contribution in [0.15, 0.2) is 24.3 Å². The van der Waals surface area contributed by atoms with E-state index in [1.165, 1.54) is 0 Å². The quantitative estimate of drug-likeness (QED) is 0.571. The van der Waals surface area contributed by atoms with Gasteiger partial charge in [0.05, 0.1) is 12.5 Å². The summed E-state index contributed by atoms with van der Waals surface area (Å²) in [4.78, 5) is 41.1. The standard InChI is InChI=1S/C25H32F3N3O4/c1-2-35-22(32)19-5-9-21(10-6-19)31-16-15-30(24(31)34)20-7-3-17(4-8-20)18-11-13-29(14-12-18)23(33)25(26,27)28/h3-4,7-8,18-19,21H,2,5-6,9-16H2,1H3. The molecule has 2 saturated heterocycles. The van der Waals surface area contributed by atoms with Gasteiger partial charge < -0.3 is 14.5 Å². The third-order valence-corrected chi connectivity index (χ3v) is 7.50. The van der Waals surface area contributed by atoms with Crippen molar-refractivity contribution in [1.82, 2.24) is 9.80 Å². The molecular weight excluding hydrogens is 463 g/mol. The first kappa shape index (κ1) is 25.3. The smallest absolute Gasteiger partial charge is 0.466 e. The lowest BCUT2D eigenvalue weighted by Gasteiger charge is -2.33. The molecule has 0 radical (unpaired) electrons. The maximum absolute atomic E-state index is 13.1. The highest BCUT2D eigenvalue weighted by Gasteiger charge is 2.43. The summed E-state index contributed by atoms with van der Waals surface area (Å²) in [5, 5.41) is 0. The van der Waals surface area contributed by atoms with Gasteiger partial charge in [0.25, 0.3) is 0 Å². The third-order valence-electron chi connectivity index (χ3n) is 7.50. The SMILES string of the molecule is CCOC(=O)C1CCC(N2CCN(c3ccc(C4CCN(C(=O)C(F)(F)F)CC4)cc3)C2=O)CC1. The van der Waals surface area contributed by atoms with Crippen LogP contribution in [0.1, 0.15) is 56.9 Å². The molecule has 2 heterocycles. The second kappa shape index (κ2) is 10.5. The fourth-order valence-electron chi connectivity index (χ4n) is 5.54. The molecule has 4 rings (SSSR count). The van der Waals surface area contributed by atoms with Crippen molar-refractivity contribution in [3.63, 3.8) is 0 Å². The number of hydrogen-bond acceptors (Lipinski definition) is 4. The zero-order valence-corrected chi connectivity index (χ0v) is 19.9. The Morgan fingerprint density at radius 2 is 1.57 bits per heavy atom. The minimum atomic E-state index is -4.83. The van der Waals surface area contributed by atoms with Gasteiger partial charge in [-0.15, -0.1) is 0 Å². The molecule has 3 aliphatic rings. The zero-order chi connectivity index (χ0) is 25.2. The highest BCUT2D eigenvalue weighted by Crippen LogP contribution is 2.34. The molecule has 2 aliphatic heterocycles. The molecule has 0 N–H and O–H groups in total. The number of urea groups is 1. The van der Waals surface area contributed by atoms with Crippen LogP contribution in [0.4, 0.5) is 23.7 Å². The maximum atomic E-state index is 13.1. The van der Waals surface area contributed by atoms with Crippen LogP contribution >= 0.6 is 0 Å². The number of alkyl halides is 3. The molecule has 1 saturated carbocycles. The molecule has 0 bridgehead atoms. The summed E-state index contributed by atoms with van der Waals surface area (Å²) < 4.78 is 43.1. The molecule has 0 aromatic heterocycles. The van der Waals surface area contributed by atoms with E-state index in [2.05, 4.69) is 0 Å². The average Bonchev–Trinajstić information content (AvgIpc) is 3.24. The number of rotatable bonds is 5. The van der Waals surface area contributed by atoms with Gasteiger partial charge in [-0.05, 0) is 69.1 Å². The van der Waals surface area contributed by atoms with Crippen molar-refractivity contribution in [3.8, 4) is 0 Å². The van der Waals surface area contributed by atoms with Crippen molar-refractivity contribution in [2.45, 2.75) is 63.6 Å². The van der Waals surface area contributed by atoms with Crippen LogP contribution in [0.2, 0.25) is 0 Å². The highest BCUT2D eigenvalue weighted by atomic mass is 19.4. The number of hydrogen-bond donors (Lipinski definition) is 0. The Morgan fingerprint density at radius 1 is 0.943 bits per heavy atom. The number of ether oxygens (including phenoxy) is 1. The van der Waals surface area contributed by atoms with Crippen LogP contribution in [-0.2, 0) is 14.3 Å². The molecule has 3 fully saturated rings. The van der Waals surface area contributed by atoms with E-state index >= 15 is 0 Å². The molecule has 0 unspecified atom stereocenters. The molecule has 0 spiro atoms. The van der Waals surface area contributed by atoms with Crippen molar-refractivity contribution in [2.24, 2.45) is 5.92 Å². The summed E-state index contributed by atoms with van der Waals surface area (Å²) >= 11 is 0. The van der Waals surface area contributed by atoms with Crippen LogP contribution in [0.5, 0.6) is 0 Å². The van der Waals surface area contributed by atoms with E-state index in [1.807, 2.05) is 29.2 Å². The molecule has 3 amide bonds. The lowest BCUT2D eigenvalue weighted by Crippen LogP contribution is -2.45. The van der Waals surface area contributed by atoms with Gasteiger partial charge in [-0.25, -0.2) is 4.79 Å². The first-order valence-electron chi connectivity index (χ1n) is 12.4. The monoisotopic (exact) mass is 495 g/mol. The van der Waals surface area contributed by atoms with E-state index in [9.17, 15) is 27.6 Å². The van der Waals surface area contributed by atoms with Gasteiger partial charge in [0.1, 0.15) is 0 Å². The number of esters is 1. The Labute approximate surface area is 203 Å². The predicted molar refractivity (Wildman–Crippen MR) is 123 cm³/mol. The van der Waals surface area contributed by atoms with Gasteiger partial charge in [0, 0.05) is 37.9 Å². The van der Waals surface area contributed by atoms with Gasteiger partial charge in [-0.1, -0.05) is 12.1 Å². The van der Waals surface area contributed by atoms with Crippen LogP contribution in [0.25, 0.3) is 0 Å². The predicted octanol–water partition coefficient (Wildman–Crippen LogP) is 4.32. The minimum absolute atomic E-state index is 0.0312. The summed E-state index contributed by atoms with van der Waals surface area (Å²) in [6.45, 7) is 3.59. The number of carbonyl (C=O) groups is 3. The Balaban J connectivity index is 1.30. The van der Waals surface area contributed by atoms with Crippen LogP contribution < -0.4 is 4.90 Å². The third kappa shape index (κ3) is 5.56. The topological polar surface area (TPSA) is 70.2 Å². The summed E-state index contributed by atoms with van der Waals surface area (Å²) in [7, 11) is 0. The Kier molecular flexibility index (Phi) is 7.56. The van der Waals surface area contributed by atoms with Gasteiger partial charge >= 0.3 is 24.1 Å². The van der Waals surface area contributed by atoms with E-state index in [1.54, 1.807) is 11.8 Å². The van der Waals surface area contributed by atoms with E-state index in [4.69, 9.17) is 4.74 Å². The highest BCUT2D eigenvalue weighted by molar-refractivity contribution is 5.94. The lowest BCUT2D eigenvalue weighted by atomic mass is 9.85. The maximum Gasteiger partial charge on any atom is 0.471 e. The summed E-state index contributed by atoms with van der Waals surface area (Å²) in [5.74, 6) is -1.90. The van der Waals surface area contributed by atoms with E-state index in [0.717, 1.165) is 41.8 Å². The number of likely N-dealkylation sites (tertiary alicyclic amines) is 1. The molecule has 35 heavy (non-hydrogen) atoms. The minimum Gasteiger partial charge on any atom is -0.466 e. The number of piperidine rings is 1. The van der Waals surface area contributed by atoms with E-state index in [-0.39, 0.29) is 43.0 Å². The molecule has 1 aromatic rings. The van der Waals surface area contributed by atoms with Crippen molar-refractivity contribution in [1.29, 1.82) is 0 Å². The molecule has 192 valence electrons. The van der Waals surface area contributed by atoms with Gasteiger partial charge in [-0.3, -0.25) is 14.5 Å². The Hall–Kier alpha value is -2.78.